The molecule has 0 atom stereocenters. The maximum Gasteiger partial charge on any atom is 0.242 e. The normalized spacial score (nSPS) is 12.2. The van der Waals surface area contributed by atoms with Gasteiger partial charge in [-0.1, -0.05) is 49.0 Å². The van der Waals surface area contributed by atoms with Crippen LogP contribution >= 0.6 is 11.8 Å². The SMILES string of the molecule is CCCn1c(CSc2nnc(-c3ccccc3)n2C)nc2cc(S(=O)(=O)N(C)C)ccc21. The minimum absolute atomic E-state index is 0.246. The molecule has 2 heterocycles. The molecule has 0 aliphatic rings. The fourth-order valence-electron chi connectivity index (χ4n) is 3.52. The van der Waals surface area contributed by atoms with Crippen molar-refractivity contribution in [2.45, 2.75) is 35.7 Å². The molecule has 32 heavy (non-hydrogen) atoms. The standard InChI is InChI=1S/C22H26N6O2S2/c1-5-13-28-19-12-11-17(32(29,30)26(2)3)14-18(19)23-20(28)15-31-22-25-24-21(27(22)4)16-9-7-6-8-10-16/h6-12,14H,5,13,15H2,1-4H3. The smallest absolute Gasteiger partial charge is 0.242 e. The Kier molecular flexibility index (Phi) is 6.36. The topological polar surface area (TPSA) is 85.9 Å². The van der Waals surface area contributed by atoms with E-state index in [1.807, 2.05) is 48.0 Å². The van der Waals surface area contributed by atoms with Gasteiger partial charge in [0.05, 0.1) is 21.7 Å². The average Bonchev–Trinajstić information content (AvgIpc) is 3.32. The highest BCUT2D eigenvalue weighted by molar-refractivity contribution is 7.98. The van der Waals surface area contributed by atoms with Gasteiger partial charge in [0, 0.05) is 33.3 Å². The number of hydrogen-bond acceptors (Lipinski definition) is 6. The van der Waals surface area contributed by atoms with Gasteiger partial charge in [-0.05, 0) is 24.6 Å². The number of thioether (sulfide) groups is 1. The van der Waals surface area contributed by atoms with Crippen LogP contribution in [0, 0.1) is 0 Å². The molecule has 168 valence electrons. The molecule has 0 unspecified atom stereocenters. The molecule has 0 aliphatic heterocycles. The Balaban J connectivity index is 1.64. The fourth-order valence-corrected chi connectivity index (χ4v) is 5.30. The van der Waals surface area contributed by atoms with E-state index in [0.29, 0.717) is 11.3 Å². The first-order valence-corrected chi connectivity index (χ1v) is 12.7. The van der Waals surface area contributed by atoms with Gasteiger partial charge in [0.15, 0.2) is 11.0 Å². The van der Waals surface area contributed by atoms with Gasteiger partial charge in [-0.15, -0.1) is 10.2 Å². The number of aromatic nitrogens is 5. The van der Waals surface area contributed by atoms with Crippen molar-refractivity contribution in [1.29, 1.82) is 0 Å². The molecule has 0 aliphatic carbocycles. The summed E-state index contributed by atoms with van der Waals surface area (Å²) in [6.07, 6.45) is 0.947. The lowest BCUT2D eigenvalue weighted by atomic mass is 10.2. The molecule has 0 N–H and O–H groups in total. The number of sulfonamides is 1. The van der Waals surface area contributed by atoms with Crippen LogP contribution in [0.1, 0.15) is 19.2 Å². The first kappa shape index (κ1) is 22.5. The molecule has 0 spiro atoms. The van der Waals surface area contributed by atoms with Crippen LogP contribution in [0.5, 0.6) is 0 Å². The predicted octanol–water partition coefficient (Wildman–Crippen LogP) is 3.78. The number of imidazole rings is 1. The Hall–Kier alpha value is -2.69. The number of nitrogens with zero attached hydrogens (tertiary/aromatic N) is 6. The van der Waals surface area contributed by atoms with Crippen LogP contribution < -0.4 is 0 Å². The summed E-state index contributed by atoms with van der Waals surface area (Å²) >= 11 is 1.57. The Morgan fingerprint density at radius 2 is 1.81 bits per heavy atom. The third kappa shape index (κ3) is 4.17. The molecule has 0 saturated carbocycles. The monoisotopic (exact) mass is 470 g/mol. The van der Waals surface area contributed by atoms with E-state index >= 15 is 0 Å². The minimum atomic E-state index is -3.51. The van der Waals surface area contributed by atoms with Gasteiger partial charge in [-0.2, -0.15) is 0 Å². The van der Waals surface area contributed by atoms with E-state index in [0.717, 1.165) is 40.9 Å². The second-order valence-corrected chi connectivity index (χ2v) is 10.7. The van der Waals surface area contributed by atoms with Crippen LogP contribution in [-0.2, 0) is 29.4 Å². The van der Waals surface area contributed by atoms with Gasteiger partial charge in [0.25, 0.3) is 0 Å². The third-order valence-electron chi connectivity index (χ3n) is 5.22. The Morgan fingerprint density at radius 1 is 1.06 bits per heavy atom. The van der Waals surface area contributed by atoms with Gasteiger partial charge in [-0.25, -0.2) is 17.7 Å². The van der Waals surface area contributed by atoms with Crippen LogP contribution in [-0.4, -0.2) is 51.1 Å². The molecule has 0 saturated heterocycles. The van der Waals surface area contributed by atoms with Crippen LogP contribution in [0.2, 0.25) is 0 Å². The van der Waals surface area contributed by atoms with E-state index in [1.54, 1.807) is 23.9 Å². The number of hydrogen-bond donors (Lipinski definition) is 0. The summed E-state index contributed by atoms with van der Waals surface area (Å²) in [6, 6.07) is 15.1. The van der Waals surface area contributed by atoms with Gasteiger partial charge in [0.2, 0.25) is 10.0 Å². The number of fused-ring (bicyclic) bond motifs is 1. The molecule has 10 heteroatoms. The second-order valence-electron chi connectivity index (χ2n) is 7.64. The fraction of sp³-hybridized carbons (Fsp3) is 0.318. The van der Waals surface area contributed by atoms with Crippen molar-refractivity contribution in [2.75, 3.05) is 14.1 Å². The van der Waals surface area contributed by atoms with Crippen molar-refractivity contribution in [3.8, 4) is 11.4 Å². The van der Waals surface area contributed by atoms with E-state index in [2.05, 4.69) is 21.7 Å². The zero-order valence-corrected chi connectivity index (χ0v) is 20.2. The molecule has 4 aromatic rings. The van der Waals surface area contributed by atoms with Gasteiger partial charge in [-0.3, -0.25) is 0 Å². The zero-order valence-electron chi connectivity index (χ0n) is 18.6. The minimum Gasteiger partial charge on any atom is -0.327 e. The molecule has 2 aromatic carbocycles. The van der Waals surface area contributed by atoms with E-state index in [4.69, 9.17) is 4.98 Å². The van der Waals surface area contributed by atoms with Gasteiger partial charge in [0.1, 0.15) is 5.82 Å². The van der Waals surface area contributed by atoms with E-state index < -0.39 is 10.0 Å². The average molecular weight is 471 g/mol. The highest BCUT2D eigenvalue weighted by Gasteiger charge is 2.20. The van der Waals surface area contributed by atoms with Crippen molar-refractivity contribution in [2.24, 2.45) is 7.05 Å². The molecule has 2 aromatic heterocycles. The second kappa shape index (κ2) is 9.05. The Bertz CT molecular complexity index is 1340. The maximum absolute atomic E-state index is 12.5. The van der Waals surface area contributed by atoms with Crippen LogP contribution in [0.3, 0.4) is 0 Å². The van der Waals surface area contributed by atoms with E-state index in [9.17, 15) is 8.42 Å². The van der Waals surface area contributed by atoms with Gasteiger partial charge >= 0.3 is 0 Å². The summed E-state index contributed by atoms with van der Waals surface area (Å²) in [6.45, 7) is 2.92. The highest BCUT2D eigenvalue weighted by Crippen LogP contribution is 2.28. The first-order valence-electron chi connectivity index (χ1n) is 10.3. The lowest BCUT2D eigenvalue weighted by molar-refractivity contribution is 0.521. The zero-order chi connectivity index (χ0) is 22.9. The number of rotatable bonds is 8. The largest absolute Gasteiger partial charge is 0.327 e. The van der Waals surface area contributed by atoms with Crippen molar-refractivity contribution < 1.29 is 8.42 Å². The van der Waals surface area contributed by atoms with Crippen molar-refractivity contribution in [1.82, 2.24) is 28.6 Å². The third-order valence-corrected chi connectivity index (χ3v) is 8.05. The van der Waals surface area contributed by atoms with Gasteiger partial charge < -0.3 is 9.13 Å². The lowest BCUT2D eigenvalue weighted by Gasteiger charge is -2.11. The molecule has 4 rings (SSSR count). The summed E-state index contributed by atoms with van der Waals surface area (Å²) in [4.78, 5) is 5.02. The molecule has 0 fully saturated rings. The quantitative estimate of drug-likeness (QED) is 0.364. The van der Waals surface area contributed by atoms with E-state index in [-0.39, 0.29) is 4.90 Å². The molecule has 0 bridgehead atoms. The summed E-state index contributed by atoms with van der Waals surface area (Å²) in [5.41, 5.74) is 2.63. The van der Waals surface area contributed by atoms with Crippen molar-refractivity contribution >= 4 is 32.8 Å². The van der Waals surface area contributed by atoms with Crippen LogP contribution in [0.4, 0.5) is 0 Å². The molecular weight excluding hydrogens is 444 g/mol. The number of benzene rings is 2. The van der Waals surface area contributed by atoms with Crippen LogP contribution in [0.25, 0.3) is 22.4 Å². The van der Waals surface area contributed by atoms with E-state index in [1.165, 1.54) is 18.4 Å². The molecule has 0 amide bonds. The maximum atomic E-state index is 12.5. The lowest BCUT2D eigenvalue weighted by Crippen LogP contribution is -2.22. The Labute approximate surface area is 192 Å². The van der Waals surface area contributed by atoms with Crippen LogP contribution in [0.15, 0.2) is 58.6 Å². The van der Waals surface area contributed by atoms with Crippen molar-refractivity contribution in [3.05, 3.63) is 54.4 Å². The summed E-state index contributed by atoms with van der Waals surface area (Å²) in [5, 5.41) is 9.51. The summed E-state index contributed by atoms with van der Waals surface area (Å²) in [5.74, 6) is 2.30. The first-order chi connectivity index (χ1) is 15.3. The highest BCUT2D eigenvalue weighted by atomic mass is 32.2. The summed E-state index contributed by atoms with van der Waals surface area (Å²) < 4.78 is 30.4. The number of aryl methyl sites for hydroxylation is 1. The molecular formula is C22H26N6O2S2. The predicted molar refractivity (Wildman–Crippen MR) is 127 cm³/mol. The molecule has 0 radical (unpaired) electrons. The summed E-state index contributed by atoms with van der Waals surface area (Å²) in [7, 11) is 1.50. The molecule has 8 nitrogen and oxygen atoms in total. The van der Waals surface area contributed by atoms with Crippen molar-refractivity contribution in [3.63, 3.8) is 0 Å². The Morgan fingerprint density at radius 3 is 2.50 bits per heavy atom.